The Balaban J connectivity index is 1.40. The van der Waals surface area contributed by atoms with Crippen LogP contribution in [0.5, 0.6) is 5.75 Å². The van der Waals surface area contributed by atoms with Gasteiger partial charge in [0.05, 0.1) is 17.9 Å². The summed E-state index contributed by atoms with van der Waals surface area (Å²) in [6.07, 6.45) is 7.29. The molecule has 1 aliphatic rings. The molecule has 1 aliphatic heterocycles. The smallest absolute Gasteiger partial charge is 0.167 e. The lowest BCUT2D eigenvalue weighted by molar-refractivity contribution is 0.289. The van der Waals surface area contributed by atoms with Crippen molar-refractivity contribution in [1.82, 2.24) is 35.3 Å². The Bertz CT molecular complexity index is 827. The SMILES string of the molecule is Fc1cc(-n2cnnn2)ccc1OCc1cnn(C2CCNCC2)c1. The number of ether oxygens (including phenoxy) is 1. The minimum Gasteiger partial charge on any atom is -0.486 e. The lowest BCUT2D eigenvalue weighted by atomic mass is 10.1. The number of piperidine rings is 1. The van der Waals surface area contributed by atoms with Gasteiger partial charge in [-0.05, 0) is 48.5 Å². The molecule has 9 heteroatoms. The number of nitrogens with one attached hydrogen (secondary N) is 1. The fourth-order valence-corrected chi connectivity index (χ4v) is 2.91. The molecule has 1 fully saturated rings. The van der Waals surface area contributed by atoms with Crippen molar-refractivity contribution in [3.63, 3.8) is 0 Å². The molecule has 1 N–H and O–H groups in total. The van der Waals surface area contributed by atoms with Crippen molar-refractivity contribution in [3.05, 3.63) is 48.3 Å². The van der Waals surface area contributed by atoms with Gasteiger partial charge in [-0.25, -0.2) is 9.07 Å². The molecule has 3 aromatic rings. The number of aromatic nitrogens is 6. The monoisotopic (exact) mass is 343 g/mol. The molecule has 4 rings (SSSR count). The molecule has 0 radical (unpaired) electrons. The van der Waals surface area contributed by atoms with E-state index in [0.29, 0.717) is 11.7 Å². The fraction of sp³-hybridized carbons (Fsp3) is 0.375. The highest BCUT2D eigenvalue weighted by Crippen LogP contribution is 2.22. The Hall–Kier alpha value is -2.81. The van der Waals surface area contributed by atoms with E-state index in [-0.39, 0.29) is 12.4 Å². The maximum Gasteiger partial charge on any atom is 0.167 e. The topological polar surface area (TPSA) is 82.7 Å². The number of tetrazole rings is 1. The first-order chi connectivity index (χ1) is 12.3. The van der Waals surface area contributed by atoms with Crippen molar-refractivity contribution in [2.24, 2.45) is 0 Å². The predicted molar refractivity (Wildman–Crippen MR) is 86.8 cm³/mol. The van der Waals surface area contributed by atoms with Crippen LogP contribution in [0.3, 0.4) is 0 Å². The van der Waals surface area contributed by atoms with Crippen LogP contribution >= 0.6 is 0 Å². The highest BCUT2D eigenvalue weighted by molar-refractivity contribution is 5.37. The van der Waals surface area contributed by atoms with E-state index < -0.39 is 5.82 Å². The minimum absolute atomic E-state index is 0.187. The molecule has 2 aromatic heterocycles. The van der Waals surface area contributed by atoms with Crippen molar-refractivity contribution >= 4 is 0 Å². The third-order valence-corrected chi connectivity index (χ3v) is 4.26. The second kappa shape index (κ2) is 6.98. The zero-order chi connectivity index (χ0) is 17.1. The van der Waals surface area contributed by atoms with Crippen molar-refractivity contribution in [1.29, 1.82) is 0 Å². The molecule has 0 aliphatic carbocycles. The van der Waals surface area contributed by atoms with E-state index in [1.54, 1.807) is 18.3 Å². The molecule has 0 amide bonds. The summed E-state index contributed by atoms with van der Waals surface area (Å²) in [5.41, 5.74) is 1.45. The average Bonchev–Trinajstić information content (AvgIpc) is 3.33. The van der Waals surface area contributed by atoms with Gasteiger partial charge in [-0.15, -0.1) is 5.10 Å². The summed E-state index contributed by atoms with van der Waals surface area (Å²) in [5.74, 6) is -0.273. The third-order valence-electron chi connectivity index (χ3n) is 4.26. The highest BCUT2D eigenvalue weighted by Gasteiger charge is 2.16. The molecule has 130 valence electrons. The van der Waals surface area contributed by atoms with Gasteiger partial charge >= 0.3 is 0 Å². The Kier molecular flexibility index (Phi) is 4.38. The van der Waals surface area contributed by atoms with Gasteiger partial charge in [0.15, 0.2) is 11.6 Å². The van der Waals surface area contributed by atoms with Gasteiger partial charge in [-0.2, -0.15) is 5.10 Å². The maximum absolute atomic E-state index is 14.2. The van der Waals surface area contributed by atoms with Crippen LogP contribution in [0.4, 0.5) is 4.39 Å². The molecule has 3 heterocycles. The summed E-state index contributed by atoms with van der Waals surface area (Å²) in [6, 6.07) is 5.03. The Morgan fingerprint density at radius 1 is 1.28 bits per heavy atom. The van der Waals surface area contributed by atoms with Gasteiger partial charge in [-0.3, -0.25) is 4.68 Å². The average molecular weight is 343 g/mol. The molecule has 0 unspecified atom stereocenters. The lowest BCUT2D eigenvalue weighted by Gasteiger charge is -2.22. The van der Waals surface area contributed by atoms with Crippen molar-refractivity contribution < 1.29 is 9.13 Å². The van der Waals surface area contributed by atoms with Crippen LogP contribution in [0.15, 0.2) is 36.9 Å². The number of halogens is 1. The first-order valence-electron chi connectivity index (χ1n) is 8.19. The largest absolute Gasteiger partial charge is 0.486 e. The molecule has 0 atom stereocenters. The van der Waals surface area contributed by atoms with Gasteiger partial charge < -0.3 is 10.1 Å². The molecule has 0 saturated carbocycles. The van der Waals surface area contributed by atoms with Crippen LogP contribution in [0.25, 0.3) is 5.69 Å². The van der Waals surface area contributed by atoms with E-state index in [0.717, 1.165) is 31.5 Å². The summed E-state index contributed by atoms with van der Waals surface area (Å²) in [6.45, 7) is 2.29. The van der Waals surface area contributed by atoms with E-state index in [2.05, 4.69) is 25.9 Å². The number of benzene rings is 1. The maximum atomic E-state index is 14.2. The van der Waals surface area contributed by atoms with E-state index >= 15 is 0 Å². The van der Waals surface area contributed by atoms with Gasteiger partial charge in [0.2, 0.25) is 0 Å². The van der Waals surface area contributed by atoms with E-state index in [1.807, 2.05) is 10.9 Å². The first kappa shape index (κ1) is 15.7. The van der Waals surface area contributed by atoms with Crippen LogP contribution in [0, 0.1) is 5.82 Å². The standard InChI is InChI=1S/C16H18FN7O/c17-15-7-14(24-11-19-21-22-24)1-2-16(15)25-10-12-8-20-23(9-12)13-3-5-18-6-4-13/h1-2,7-9,11,13,18H,3-6,10H2. The van der Waals surface area contributed by atoms with Gasteiger partial charge in [0, 0.05) is 17.8 Å². The van der Waals surface area contributed by atoms with Crippen LogP contribution in [0.2, 0.25) is 0 Å². The van der Waals surface area contributed by atoms with Gasteiger partial charge in [0.25, 0.3) is 0 Å². The first-order valence-corrected chi connectivity index (χ1v) is 8.19. The number of nitrogens with zero attached hydrogens (tertiary/aromatic N) is 6. The minimum atomic E-state index is -0.459. The Labute approximate surface area is 143 Å². The predicted octanol–water partition coefficient (Wildman–Crippen LogP) is 1.50. The second-order valence-corrected chi connectivity index (χ2v) is 5.97. The Morgan fingerprint density at radius 3 is 2.92 bits per heavy atom. The van der Waals surface area contributed by atoms with Crippen LogP contribution in [0.1, 0.15) is 24.4 Å². The third kappa shape index (κ3) is 3.50. The van der Waals surface area contributed by atoms with Crippen LogP contribution in [-0.4, -0.2) is 43.1 Å². The summed E-state index contributed by atoms with van der Waals surface area (Å²) in [7, 11) is 0. The van der Waals surface area contributed by atoms with Gasteiger partial charge in [-0.1, -0.05) is 0 Å². The summed E-state index contributed by atoms with van der Waals surface area (Å²) in [4.78, 5) is 0. The second-order valence-electron chi connectivity index (χ2n) is 5.97. The normalized spacial score (nSPS) is 15.4. The van der Waals surface area contributed by atoms with Crippen molar-refractivity contribution in [2.75, 3.05) is 13.1 Å². The Morgan fingerprint density at radius 2 is 2.16 bits per heavy atom. The lowest BCUT2D eigenvalue weighted by Crippen LogP contribution is -2.29. The van der Waals surface area contributed by atoms with Crippen LogP contribution < -0.4 is 10.1 Å². The molecule has 0 spiro atoms. The number of hydrogen-bond donors (Lipinski definition) is 1. The number of hydrogen-bond acceptors (Lipinski definition) is 6. The quantitative estimate of drug-likeness (QED) is 0.756. The highest BCUT2D eigenvalue weighted by atomic mass is 19.1. The fourth-order valence-electron chi connectivity index (χ4n) is 2.91. The zero-order valence-corrected chi connectivity index (χ0v) is 13.5. The molecule has 25 heavy (non-hydrogen) atoms. The molecule has 1 saturated heterocycles. The molecule has 8 nitrogen and oxygen atoms in total. The number of rotatable bonds is 5. The zero-order valence-electron chi connectivity index (χ0n) is 13.5. The summed E-state index contributed by atoms with van der Waals surface area (Å²) in [5, 5.41) is 18.5. The summed E-state index contributed by atoms with van der Waals surface area (Å²) >= 11 is 0. The van der Waals surface area contributed by atoms with Crippen LogP contribution in [-0.2, 0) is 6.61 Å². The molecule has 1 aromatic carbocycles. The van der Waals surface area contributed by atoms with Gasteiger partial charge in [0.1, 0.15) is 12.9 Å². The van der Waals surface area contributed by atoms with Crippen molar-refractivity contribution in [2.45, 2.75) is 25.5 Å². The molecular formula is C16H18FN7O. The van der Waals surface area contributed by atoms with E-state index in [9.17, 15) is 4.39 Å². The molecule has 0 bridgehead atoms. The summed E-state index contributed by atoms with van der Waals surface area (Å²) < 4.78 is 23.2. The van der Waals surface area contributed by atoms with Crippen molar-refractivity contribution in [3.8, 4) is 11.4 Å². The van der Waals surface area contributed by atoms with E-state index in [4.69, 9.17) is 4.74 Å². The molecular weight excluding hydrogens is 325 g/mol. The van der Waals surface area contributed by atoms with E-state index in [1.165, 1.54) is 17.1 Å².